The summed E-state index contributed by atoms with van der Waals surface area (Å²) < 4.78 is 1.18. The van der Waals surface area contributed by atoms with E-state index in [9.17, 15) is 0 Å². The quantitative estimate of drug-likeness (QED) is 0.452. The molecular formula is C4H2Cl4N2. The Morgan fingerprint density at radius 2 is 1.90 bits per heavy atom. The van der Waals surface area contributed by atoms with E-state index in [4.69, 9.17) is 46.6 Å². The Kier molecular flexibility index (Phi) is 2.69. The Morgan fingerprint density at radius 1 is 1.30 bits per heavy atom. The third-order valence-electron chi connectivity index (χ3n) is 0.892. The van der Waals surface area contributed by atoms with Gasteiger partial charge in [-0.1, -0.05) is 23.2 Å². The summed E-state index contributed by atoms with van der Waals surface area (Å²) in [5.41, 5.74) is 0. The molecule has 1 aliphatic heterocycles. The molecule has 0 bridgehead atoms. The fourth-order valence-corrected chi connectivity index (χ4v) is 1.16. The smallest absolute Gasteiger partial charge is 0.215 e. The third kappa shape index (κ3) is 1.70. The van der Waals surface area contributed by atoms with E-state index in [-0.39, 0.29) is 10.5 Å². The molecule has 0 radical (unpaired) electrons. The molecule has 1 heterocycles. The van der Waals surface area contributed by atoms with Crippen LogP contribution in [0.15, 0.2) is 15.2 Å². The van der Waals surface area contributed by atoms with Crippen molar-refractivity contribution in [1.82, 2.24) is 4.42 Å². The molecule has 0 aromatic carbocycles. The van der Waals surface area contributed by atoms with E-state index in [1.165, 1.54) is 4.42 Å². The zero-order valence-corrected chi connectivity index (χ0v) is 7.64. The molecule has 0 unspecified atom stereocenters. The van der Waals surface area contributed by atoms with Crippen molar-refractivity contribution < 1.29 is 0 Å². The number of halogens is 4. The highest BCUT2D eigenvalue weighted by molar-refractivity contribution is 6.68. The second-order valence-electron chi connectivity index (χ2n) is 1.60. The van der Waals surface area contributed by atoms with Crippen LogP contribution in [-0.2, 0) is 0 Å². The fraction of sp³-hybridized carbons (Fsp3) is 0.250. The van der Waals surface area contributed by atoms with Crippen LogP contribution < -0.4 is 0 Å². The fourth-order valence-electron chi connectivity index (χ4n) is 0.448. The van der Waals surface area contributed by atoms with Gasteiger partial charge in [0, 0.05) is 11.8 Å². The van der Waals surface area contributed by atoms with Gasteiger partial charge in [0.15, 0.2) is 0 Å². The monoisotopic (exact) mass is 218 g/mol. The predicted octanol–water partition coefficient (Wildman–Crippen LogP) is 2.70. The minimum absolute atomic E-state index is 0.135. The standard InChI is InChI=1S/C4H2Cl4N2/c5-2-1-10(8)4(7)9-3(2)6/h1H2. The first-order chi connectivity index (χ1) is 4.61. The molecule has 0 saturated heterocycles. The SMILES string of the molecule is ClC1=NC(Cl)=C(Cl)CN1Cl. The van der Waals surface area contributed by atoms with Gasteiger partial charge in [0.1, 0.15) is 5.16 Å². The van der Waals surface area contributed by atoms with Crippen molar-refractivity contribution in [1.29, 1.82) is 0 Å². The van der Waals surface area contributed by atoms with Crippen molar-refractivity contribution in [3.8, 4) is 0 Å². The summed E-state index contributed by atoms with van der Waals surface area (Å²) in [7, 11) is 0. The molecule has 0 amide bonds. The summed E-state index contributed by atoms with van der Waals surface area (Å²) in [4.78, 5) is 3.63. The summed E-state index contributed by atoms with van der Waals surface area (Å²) in [5.74, 6) is 0. The summed E-state index contributed by atoms with van der Waals surface area (Å²) in [5, 5.41) is 0.723. The molecule has 0 fully saturated rings. The molecule has 0 saturated carbocycles. The molecule has 56 valence electrons. The zero-order valence-electron chi connectivity index (χ0n) is 4.61. The van der Waals surface area contributed by atoms with E-state index >= 15 is 0 Å². The normalized spacial score (nSPS) is 19.6. The molecule has 0 aromatic rings. The minimum atomic E-state index is 0.135. The molecule has 10 heavy (non-hydrogen) atoms. The van der Waals surface area contributed by atoms with Gasteiger partial charge in [0.2, 0.25) is 5.29 Å². The summed E-state index contributed by atoms with van der Waals surface area (Å²) in [6.45, 7) is 0.296. The van der Waals surface area contributed by atoms with Crippen LogP contribution in [0.2, 0.25) is 0 Å². The molecule has 0 aromatic heterocycles. The Morgan fingerprint density at radius 3 is 2.40 bits per heavy atom. The Bertz CT molecular complexity index is 209. The van der Waals surface area contributed by atoms with E-state index in [1.807, 2.05) is 0 Å². The van der Waals surface area contributed by atoms with Gasteiger partial charge in [-0.3, -0.25) is 4.42 Å². The minimum Gasteiger partial charge on any atom is -0.253 e. The molecular weight excluding hydrogens is 218 g/mol. The third-order valence-corrected chi connectivity index (χ3v) is 2.25. The van der Waals surface area contributed by atoms with Crippen molar-refractivity contribution in [3.05, 3.63) is 10.2 Å². The summed E-state index contributed by atoms with van der Waals surface area (Å²) in [6, 6.07) is 0. The zero-order chi connectivity index (χ0) is 7.72. The van der Waals surface area contributed by atoms with Gasteiger partial charge < -0.3 is 0 Å². The molecule has 0 N–H and O–H groups in total. The highest BCUT2D eigenvalue weighted by atomic mass is 35.5. The van der Waals surface area contributed by atoms with Crippen molar-refractivity contribution in [3.63, 3.8) is 0 Å². The lowest BCUT2D eigenvalue weighted by Crippen LogP contribution is -2.21. The largest absolute Gasteiger partial charge is 0.253 e. The van der Waals surface area contributed by atoms with Gasteiger partial charge in [-0.15, -0.1) is 0 Å². The van der Waals surface area contributed by atoms with E-state index < -0.39 is 0 Å². The number of hydrogen-bond acceptors (Lipinski definition) is 2. The highest BCUT2D eigenvalue weighted by Crippen LogP contribution is 2.23. The lowest BCUT2D eigenvalue weighted by Gasteiger charge is -2.16. The van der Waals surface area contributed by atoms with Gasteiger partial charge in [-0.25, -0.2) is 4.99 Å². The number of rotatable bonds is 0. The lowest BCUT2D eigenvalue weighted by atomic mass is 10.5. The van der Waals surface area contributed by atoms with E-state index in [0.29, 0.717) is 11.6 Å². The highest BCUT2D eigenvalue weighted by Gasteiger charge is 2.16. The van der Waals surface area contributed by atoms with Crippen LogP contribution in [0.4, 0.5) is 0 Å². The summed E-state index contributed by atoms with van der Waals surface area (Å²) in [6.07, 6.45) is 0. The van der Waals surface area contributed by atoms with Crippen LogP contribution in [0.1, 0.15) is 0 Å². The maximum Gasteiger partial charge on any atom is 0.215 e. The average molecular weight is 220 g/mol. The maximum absolute atomic E-state index is 5.58. The molecule has 1 rings (SSSR count). The molecule has 2 nitrogen and oxygen atoms in total. The first-order valence-corrected chi connectivity index (χ1v) is 3.80. The van der Waals surface area contributed by atoms with Crippen LogP contribution in [0.25, 0.3) is 0 Å². The second kappa shape index (κ2) is 3.18. The number of aliphatic imine (C=N–C) groups is 1. The van der Waals surface area contributed by atoms with Gasteiger partial charge in [0.05, 0.1) is 11.6 Å². The predicted molar refractivity (Wildman–Crippen MR) is 44.6 cm³/mol. The molecule has 6 heteroatoms. The topological polar surface area (TPSA) is 15.6 Å². The lowest BCUT2D eigenvalue weighted by molar-refractivity contribution is 0.727. The number of nitrogens with zero attached hydrogens (tertiary/aromatic N) is 2. The van der Waals surface area contributed by atoms with Crippen LogP contribution in [0.5, 0.6) is 0 Å². The van der Waals surface area contributed by atoms with Crippen molar-refractivity contribution in [2.75, 3.05) is 6.54 Å². The first kappa shape index (κ1) is 8.47. The Balaban J connectivity index is 2.88. The van der Waals surface area contributed by atoms with Crippen molar-refractivity contribution in [2.24, 2.45) is 4.99 Å². The van der Waals surface area contributed by atoms with Crippen LogP contribution >= 0.6 is 46.6 Å². The van der Waals surface area contributed by atoms with Crippen molar-refractivity contribution >= 4 is 51.9 Å². The Labute approximate surface area is 78.1 Å². The van der Waals surface area contributed by atoms with Crippen LogP contribution in [-0.4, -0.2) is 16.3 Å². The number of hydrogen-bond donors (Lipinski definition) is 0. The molecule has 0 aliphatic carbocycles. The van der Waals surface area contributed by atoms with Crippen LogP contribution in [0.3, 0.4) is 0 Å². The van der Waals surface area contributed by atoms with Crippen LogP contribution in [0, 0.1) is 0 Å². The van der Waals surface area contributed by atoms with E-state index in [1.54, 1.807) is 0 Å². The van der Waals surface area contributed by atoms with Gasteiger partial charge in [-0.05, 0) is 11.6 Å². The van der Waals surface area contributed by atoms with Crippen molar-refractivity contribution in [2.45, 2.75) is 0 Å². The first-order valence-electron chi connectivity index (χ1n) is 2.33. The van der Waals surface area contributed by atoms with Gasteiger partial charge >= 0.3 is 0 Å². The number of amidine groups is 1. The van der Waals surface area contributed by atoms with E-state index in [2.05, 4.69) is 4.99 Å². The molecule has 0 atom stereocenters. The van der Waals surface area contributed by atoms with Gasteiger partial charge in [-0.2, -0.15) is 0 Å². The molecule has 1 aliphatic rings. The van der Waals surface area contributed by atoms with Gasteiger partial charge in [0.25, 0.3) is 0 Å². The second-order valence-corrected chi connectivity index (χ2v) is 3.16. The summed E-state index contributed by atoms with van der Waals surface area (Å²) >= 11 is 22.1. The van der Waals surface area contributed by atoms with E-state index in [0.717, 1.165) is 0 Å². The Hall–Kier alpha value is 0.370. The average Bonchev–Trinajstić information content (AvgIpc) is 1.84. The maximum atomic E-state index is 5.58. The molecule has 0 spiro atoms.